The minimum atomic E-state index is -0.595. The molecule has 4 aromatic rings. The summed E-state index contributed by atoms with van der Waals surface area (Å²) in [6.07, 6.45) is 6.23. The molecule has 10 nitrogen and oxygen atoms in total. The van der Waals surface area contributed by atoms with E-state index in [0.717, 1.165) is 42.4 Å². The highest BCUT2D eigenvalue weighted by Gasteiger charge is 2.30. The zero-order chi connectivity index (χ0) is 36.9. The molecule has 2 heterocycles. The second-order valence-electron chi connectivity index (χ2n) is 14.0. The van der Waals surface area contributed by atoms with E-state index < -0.39 is 17.5 Å². The Morgan fingerprint density at radius 2 is 1.21 bits per heavy atom. The molecule has 3 amide bonds. The molecule has 0 bridgehead atoms. The average Bonchev–Trinajstić information content (AvgIpc) is 3.99. The Kier molecular flexibility index (Phi) is 13.1. The SMILES string of the molecule is Cc1cc(-c2ccnc(NC(=O)C3CC3)c2)c(F)cc1CN.Cc1cc(-c2ccnc(NC(=O)C3CC3)c2)c(F)cc1CNC(=O)OC(C)(C)C.Cl. The molecule has 6 rings (SSSR count). The van der Waals surface area contributed by atoms with Crippen molar-refractivity contribution in [3.8, 4) is 22.3 Å². The normalized spacial score (nSPS) is 13.5. The molecule has 0 atom stereocenters. The molecule has 2 aliphatic rings. The Hall–Kier alpha value is -4.94. The Balaban J connectivity index is 0.000000236. The second kappa shape index (κ2) is 17.1. The first-order valence-electron chi connectivity index (χ1n) is 17.0. The van der Waals surface area contributed by atoms with Gasteiger partial charge in [0.25, 0.3) is 0 Å². The van der Waals surface area contributed by atoms with Gasteiger partial charge >= 0.3 is 6.09 Å². The first-order chi connectivity index (χ1) is 24.2. The van der Waals surface area contributed by atoms with Gasteiger partial charge in [-0.3, -0.25) is 9.59 Å². The smallest absolute Gasteiger partial charge is 0.407 e. The van der Waals surface area contributed by atoms with Crippen LogP contribution in [-0.2, 0) is 27.4 Å². The van der Waals surface area contributed by atoms with Crippen molar-refractivity contribution < 1.29 is 27.9 Å². The highest BCUT2D eigenvalue weighted by molar-refractivity contribution is 5.94. The largest absolute Gasteiger partial charge is 0.444 e. The van der Waals surface area contributed by atoms with Gasteiger partial charge in [0.15, 0.2) is 0 Å². The third kappa shape index (κ3) is 11.0. The number of alkyl carbamates (subject to hydrolysis) is 1. The summed E-state index contributed by atoms with van der Waals surface area (Å²) in [5.41, 5.74) is 10.4. The first kappa shape index (κ1) is 39.8. The molecular weight excluding hydrogens is 690 g/mol. The Labute approximate surface area is 308 Å². The molecule has 0 aliphatic heterocycles. The van der Waals surface area contributed by atoms with Crippen molar-refractivity contribution in [2.75, 3.05) is 10.6 Å². The van der Waals surface area contributed by atoms with Crippen LogP contribution in [0.5, 0.6) is 0 Å². The van der Waals surface area contributed by atoms with Crippen LogP contribution in [-0.4, -0.2) is 33.5 Å². The predicted octanol–water partition coefficient (Wildman–Crippen LogP) is 7.99. The van der Waals surface area contributed by atoms with E-state index in [0.29, 0.717) is 46.0 Å². The van der Waals surface area contributed by atoms with Crippen molar-refractivity contribution in [2.24, 2.45) is 17.6 Å². The highest BCUT2D eigenvalue weighted by atomic mass is 35.5. The Morgan fingerprint density at radius 3 is 1.63 bits per heavy atom. The number of amides is 3. The van der Waals surface area contributed by atoms with E-state index >= 15 is 0 Å². The number of hydrogen-bond acceptors (Lipinski definition) is 7. The zero-order valence-electron chi connectivity index (χ0n) is 29.9. The molecule has 0 spiro atoms. The van der Waals surface area contributed by atoms with Crippen molar-refractivity contribution in [2.45, 2.75) is 79.0 Å². The van der Waals surface area contributed by atoms with Gasteiger partial charge in [0.2, 0.25) is 11.8 Å². The number of hydrogen-bond donors (Lipinski definition) is 4. The van der Waals surface area contributed by atoms with Gasteiger partial charge in [0.1, 0.15) is 28.9 Å². The van der Waals surface area contributed by atoms with Crippen molar-refractivity contribution in [1.29, 1.82) is 0 Å². The second-order valence-corrected chi connectivity index (χ2v) is 14.0. The summed E-state index contributed by atoms with van der Waals surface area (Å²) in [7, 11) is 0. The third-order valence-corrected chi connectivity index (χ3v) is 8.43. The van der Waals surface area contributed by atoms with Crippen molar-refractivity contribution in [3.05, 3.63) is 94.8 Å². The summed E-state index contributed by atoms with van der Waals surface area (Å²) in [6.45, 7) is 9.57. The highest BCUT2D eigenvalue weighted by Crippen LogP contribution is 2.33. The fourth-order valence-electron chi connectivity index (χ4n) is 5.26. The van der Waals surface area contributed by atoms with E-state index in [1.165, 1.54) is 12.1 Å². The first-order valence-corrected chi connectivity index (χ1v) is 17.0. The maximum absolute atomic E-state index is 14.8. The fourth-order valence-corrected chi connectivity index (χ4v) is 5.26. The summed E-state index contributed by atoms with van der Waals surface area (Å²) in [4.78, 5) is 43.8. The lowest BCUT2D eigenvalue weighted by atomic mass is 9.99. The van der Waals surface area contributed by atoms with E-state index in [1.807, 2.05) is 13.8 Å². The number of nitrogens with one attached hydrogen (secondary N) is 3. The average molecular weight is 735 g/mol. The van der Waals surface area contributed by atoms with E-state index in [2.05, 4.69) is 25.9 Å². The van der Waals surface area contributed by atoms with Crippen LogP contribution in [0.3, 0.4) is 0 Å². The maximum Gasteiger partial charge on any atom is 0.407 e. The van der Waals surface area contributed by atoms with E-state index in [4.69, 9.17) is 10.5 Å². The van der Waals surface area contributed by atoms with Gasteiger partial charge in [0.05, 0.1) is 0 Å². The number of nitrogens with two attached hydrogens (primary N) is 1. The molecule has 0 unspecified atom stereocenters. The van der Waals surface area contributed by atoms with E-state index in [-0.39, 0.29) is 48.4 Å². The van der Waals surface area contributed by atoms with E-state index in [9.17, 15) is 23.2 Å². The number of benzene rings is 2. The number of aromatic nitrogens is 2. The molecule has 2 saturated carbocycles. The van der Waals surface area contributed by atoms with Crippen LogP contribution >= 0.6 is 12.4 Å². The number of rotatable bonds is 9. The summed E-state index contributed by atoms with van der Waals surface area (Å²) in [6, 6.07) is 13.2. The third-order valence-electron chi connectivity index (χ3n) is 8.43. The molecule has 0 radical (unpaired) electrons. The lowest BCUT2D eigenvalue weighted by Gasteiger charge is -2.20. The molecule has 2 aromatic carbocycles. The van der Waals surface area contributed by atoms with Crippen LogP contribution < -0.4 is 21.7 Å². The van der Waals surface area contributed by atoms with Gasteiger partial charge in [-0.25, -0.2) is 23.5 Å². The number of carbonyl (C=O) groups is 3. The summed E-state index contributed by atoms with van der Waals surface area (Å²) < 4.78 is 34.3. The van der Waals surface area contributed by atoms with Crippen LogP contribution in [0.2, 0.25) is 0 Å². The van der Waals surface area contributed by atoms with Crippen LogP contribution in [0.15, 0.2) is 60.9 Å². The van der Waals surface area contributed by atoms with Crippen molar-refractivity contribution in [3.63, 3.8) is 0 Å². The summed E-state index contributed by atoms with van der Waals surface area (Å²) in [5, 5.41) is 8.20. The van der Waals surface area contributed by atoms with Crippen LogP contribution in [0, 0.1) is 37.3 Å². The lowest BCUT2D eigenvalue weighted by molar-refractivity contribution is -0.118. The molecule has 52 heavy (non-hydrogen) atoms. The van der Waals surface area contributed by atoms with Gasteiger partial charge in [-0.1, -0.05) is 0 Å². The topological polar surface area (TPSA) is 148 Å². The number of nitrogens with zero attached hydrogens (tertiary/aromatic N) is 2. The molecule has 276 valence electrons. The standard InChI is InChI=1S/C22H26FN3O3.C17H18FN3O.ClH/c1-13-9-17(15-7-8-24-19(11-15)26-20(27)14-5-6-14)18(23)10-16(13)12-25-21(28)29-22(2,3)4;1-10-6-14(15(18)7-13(10)9-19)12-4-5-20-16(8-12)21-17(22)11-2-3-11;/h7-11,14H,5-6,12H2,1-4H3,(H,25,28)(H,24,26,27);4-8,11H,2-3,9,19H2,1H3,(H,20,21,22);1H. The zero-order valence-corrected chi connectivity index (χ0v) is 30.8. The molecule has 13 heteroatoms. The minimum Gasteiger partial charge on any atom is -0.444 e. The van der Waals surface area contributed by atoms with Crippen LogP contribution in [0.4, 0.5) is 25.2 Å². The van der Waals surface area contributed by atoms with E-state index in [1.54, 1.807) is 69.6 Å². The van der Waals surface area contributed by atoms with Gasteiger partial charge in [-0.2, -0.15) is 0 Å². The van der Waals surface area contributed by atoms with Crippen LogP contribution in [0.25, 0.3) is 22.3 Å². The van der Waals surface area contributed by atoms with Crippen molar-refractivity contribution >= 4 is 42.0 Å². The molecular formula is C39H45ClF2N6O4. The van der Waals surface area contributed by atoms with Gasteiger partial charge in [0, 0.05) is 48.4 Å². The molecule has 5 N–H and O–H groups in total. The number of halogens is 3. The molecule has 2 fully saturated rings. The molecule has 2 aliphatic carbocycles. The predicted molar refractivity (Wildman–Crippen MR) is 200 cm³/mol. The number of pyridine rings is 2. The summed E-state index contributed by atoms with van der Waals surface area (Å²) >= 11 is 0. The number of anilines is 2. The lowest BCUT2D eigenvalue weighted by Crippen LogP contribution is -2.32. The van der Waals surface area contributed by atoms with Crippen molar-refractivity contribution in [1.82, 2.24) is 15.3 Å². The summed E-state index contributed by atoms with van der Waals surface area (Å²) in [5.74, 6) is 0.236. The monoisotopic (exact) mass is 734 g/mol. The Bertz CT molecular complexity index is 1940. The Morgan fingerprint density at radius 1 is 0.769 bits per heavy atom. The quantitative estimate of drug-likeness (QED) is 0.136. The number of aryl methyl sites for hydroxylation is 2. The molecule has 0 saturated heterocycles. The minimum absolute atomic E-state index is 0. The van der Waals surface area contributed by atoms with Gasteiger partial charge in [-0.15, -0.1) is 12.4 Å². The number of ether oxygens (including phenoxy) is 1. The van der Waals surface area contributed by atoms with Gasteiger partial charge in [-0.05, 0) is 142 Å². The number of carbonyl (C=O) groups excluding carboxylic acids is 3. The van der Waals surface area contributed by atoms with Crippen LogP contribution in [0.1, 0.15) is 68.7 Å². The maximum atomic E-state index is 14.8. The fraction of sp³-hybridized carbons (Fsp3) is 0.359. The molecule has 2 aromatic heterocycles. The van der Waals surface area contributed by atoms with Gasteiger partial charge < -0.3 is 26.4 Å².